The molecular weight excluding hydrogens is 371 g/mol. The highest BCUT2D eigenvalue weighted by Crippen LogP contribution is 2.39. The molecule has 0 amide bonds. The Morgan fingerprint density at radius 3 is 2.35 bits per heavy atom. The standard InChI is InChI=1S/C21H12Cl2O3/c22-14-10-9-13-11-18-16(7-4-8-19(18)23)20(17(13)12-14)26-21(24)25-15-5-2-1-3-6-15/h1-12H. The first kappa shape index (κ1) is 16.7. The van der Waals surface area contributed by atoms with Crippen molar-refractivity contribution >= 4 is 50.9 Å². The molecule has 0 heterocycles. The van der Waals surface area contributed by atoms with Crippen LogP contribution in [0.2, 0.25) is 10.0 Å². The van der Waals surface area contributed by atoms with E-state index in [1.54, 1.807) is 48.5 Å². The molecule has 0 atom stereocenters. The van der Waals surface area contributed by atoms with Crippen molar-refractivity contribution in [2.24, 2.45) is 0 Å². The monoisotopic (exact) mass is 382 g/mol. The lowest BCUT2D eigenvalue weighted by atomic mass is 10.0. The van der Waals surface area contributed by atoms with Crippen LogP contribution in [-0.4, -0.2) is 6.16 Å². The number of halogens is 2. The van der Waals surface area contributed by atoms with Crippen LogP contribution in [0, 0.1) is 0 Å². The zero-order valence-electron chi connectivity index (χ0n) is 13.4. The zero-order valence-corrected chi connectivity index (χ0v) is 14.9. The van der Waals surface area contributed by atoms with Gasteiger partial charge in [-0.3, -0.25) is 0 Å². The van der Waals surface area contributed by atoms with Crippen LogP contribution in [0.25, 0.3) is 21.5 Å². The first-order chi connectivity index (χ1) is 12.6. The Labute approximate surface area is 159 Å². The van der Waals surface area contributed by atoms with E-state index in [0.717, 1.165) is 10.8 Å². The molecule has 0 spiro atoms. The summed E-state index contributed by atoms with van der Waals surface area (Å²) >= 11 is 12.5. The molecule has 0 unspecified atom stereocenters. The van der Waals surface area contributed by atoms with Crippen molar-refractivity contribution in [3.05, 3.63) is 82.8 Å². The van der Waals surface area contributed by atoms with Crippen LogP contribution in [0.1, 0.15) is 0 Å². The van der Waals surface area contributed by atoms with Crippen molar-refractivity contribution in [3.63, 3.8) is 0 Å². The van der Waals surface area contributed by atoms with Crippen molar-refractivity contribution in [2.75, 3.05) is 0 Å². The highest BCUT2D eigenvalue weighted by Gasteiger charge is 2.16. The van der Waals surface area contributed by atoms with Gasteiger partial charge in [-0.15, -0.1) is 0 Å². The largest absolute Gasteiger partial charge is 0.519 e. The van der Waals surface area contributed by atoms with Crippen molar-refractivity contribution < 1.29 is 14.3 Å². The van der Waals surface area contributed by atoms with E-state index < -0.39 is 6.16 Å². The van der Waals surface area contributed by atoms with E-state index in [9.17, 15) is 4.79 Å². The molecule has 5 heteroatoms. The zero-order chi connectivity index (χ0) is 18.1. The second kappa shape index (κ2) is 6.87. The van der Waals surface area contributed by atoms with Gasteiger partial charge in [0.2, 0.25) is 0 Å². The molecule has 0 aromatic heterocycles. The van der Waals surface area contributed by atoms with E-state index in [4.69, 9.17) is 32.7 Å². The van der Waals surface area contributed by atoms with Gasteiger partial charge in [-0.2, -0.15) is 0 Å². The summed E-state index contributed by atoms with van der Waals surface area (Å²) in [6, 6.07) is 21.5. The minimum atomic E-state index is -0.829. The minimum Gasteiger partial charge on any atom is -0.395 e. The van der Waals surface area contributed by atoms with Crippen LogP contribution in [-0.2, 0) is 0 Å². The van der Waals surface area contributed by atoms with Crippen LogP contribution in [0.5, 0.6) is 11.5 Å². The molecular formula is C21H12Cl2O3. The van der Waals surface area contributed by atoms with Crippen LogP contribution < -0.4 is 9.47 Å². The fourth-order valence-electron chi connectivity index (χ4n) is 2.83. The molecule has 128 valence electrons. The Kier molecular flexibility index (Phi) is 4.41. The number of benzene rings is 4. The summed E-state index contributed by atoms with van der Waals surface area (Å²) in [5.74, 6) is 0.765. The Morgan fingerprint density at radius 2 is 1.54 bits per heavy atom. The van der Waals surface area contributed by atoms with Gasteiger partial charge in [0.25, 0.3) is 0 Å². The number of carbonyl (C=O) groups excluding carboxylic acids is 1. The molecule has 0 saturated carbocycles. The molecule has 3 nitrogen and oxygen atoms in total. The Bertz CT molecular complexity index is 1120. The Balaban J connectivity index is 1.84. The third kappa shape index (κ3) is 3.19. The lowest BCUT2D eigenvalue weighted by Crippen LogP contribution is -2.14. The third-order valence-corrected chi connectivity index (χ3v) is 4.55. The van der Waals surface area contributed by atoms with Gasteiger partial charge in [0.15, 0.2) is 0 Å². The smallest absolute Gasteiger partial charge is 0.395 e. The molecule has 4 rings (SSSR count). The molecule has 4 aromatic rings. The number of carbonyl (C=O) groups is 1. The summed E-state index contributed by atoms with van der Waals surface area (Å²) in [5, 5.41) is 4.17. The van der Waals surface area contributed by atoms with Gasteiger partial charge in [-0.05, 0) is 41.8 Å². The molecule has 0 aliphatic carbocycles. The van der Waals surface area contributed by atoms with Crippen molar-refractivity contribution in [1.82, 2.24) is 0 Å². The average Bonchev–Trinajstić information content (AvgIpc) is 2.63. The van der Waals surface area contributed by atoms with E-state index in [-0.39, 0.29) is 0 Å². The lowest BCUT2D eigenvalue weighted by Gasteiger charge is -2.13. The normalized spacial score (nSPS) is 10.8. The van der Waals surface area contributed by atoms with Crippen molar-refractivity contribution in [3.8, 4) is 11.5 Å². The molecule has 0 N–H and O–H groups in total. The van der Waals surface area contributed by atoms with Crippen molar-refractivity contribution in [2.45, 2.75) is 0 Å². The SMILES string of the molecule is O=C(Oc1ccccc1)Oc1c2cc(Cl)ccc2cc2c(Cl)cccc12. The third-order valence-electron chi connectivity index (χ3n) is 3.99. The van der Waals surface area contributed by atoms with E-state index in [2.05, 4.69) is 0 Å². The van der Waals surface area contributed by atoms with E-state index >= 15 is 0 Å². The number of fused-ring (bicyclic) bond motifs is 2. The van der Waals surface area contributed by atoms with Gasteiger partial charge in [-0.25, -0.2) is 4.79 Å². The summed E-state index contributed by atoms with van der Waals surface area (Å²) in [4.78, 5) is 12.3. The van der Waals surface area contributed by atoms with E-state index in [0.29, 0.717) is 32.3 Å². The molecule has 0 aliphatic rings. The predicted molar refractivity (Wildman–Crippen MR) is 105 cm³/mol. The van der Waals surface area contributed by atoms with Crippen LogP contribution in [0.15, 0.2) is 72.8 Å². The van der Waals surface area contributed by atoms with Gasteiger partial charge in [0.1, 0.15) is 11.5 Å². The van der Waals surface area contributed by atoms with Gasteiger partial charge >= 0.3 is 6.16 Å². The van der Waals surface area contributed by atoms with Crippen LogP contribution in [0.3, 0.4) is 0 Å². The topological polar surface area (TPSA) is 35.5 Å². The maximum absolute atomic E-state index is 12.3. The Morgan fingerprint density at radius 1 is 0.731 bits per heavy atom. The summed E-state index contributed by atoms with van der Waals surface area (Å²) in [6.07, 6.45) is -0.829. The number of ether oxygens (including phenoxy) is 2. The highest BCUT2D eigenvalue weighted by molar-refractivity contribution is 6.36. The Hall–Kier alpha value is -2.75. The fourth-order valence-corrected chi connectivity index (χ4v) is 3.23. The van der Waals surface area contributed by atoms with Gasteiger partial charge in [-0.1, -0.05) is 59.6 Å². The fraction of sp³-hybridized carbons (Fsp3) is 0. The molecule has 0 bridgehead atoms. The maximum atomic E-state index is 12.3. The first-order valence-electron chi connectivity index (χ1n) is 7.87. The molecule has 0 saturated heterocycles. The van der Waals surface area contributed by atoms with Gasteiger partial charge in [0.05, 0.1) is 0 Å². The summed E-state index contributed by atoms with van der Waals surface area (Å²) in [7, 11) is 0. The number of hydrogen-bond donors (Lipinski definition) is 0. The molecule has 4 aromatic carbocycles. The maximum Gasteiger partial charge on any atom is 0.519 e. The second-order valence-corrected chi connectivity index (χ2v) is 6.52. The number of rotatable bonds is 2. The second-order valence-electron chi connectivity index (χ2n) is 5.67. The summed E-state index contributed by atoms with van der Waals surface area (Å²) < 4.78 is 10.8. The highest BCUT2D eigenvalue weighted by atomic mass is 35.5. The number of para-hydroxylation sites is 1. The van der Waals surface area contributed by atoms with Crippen LogP contribution in [0.4, 0.5) is 4.79 Å². The predicted octanol–water partition coefficient (Wildman–Crippen LogP) is 6.88. The summed E-state index contributed by atoms with van der Waals surface area (Å²) in [5.41, 5.74) is 0. The molecule has 0 fully saturated rings. The van der Waals surface area contributed by atoms with E-state index in [1.165, 1.54) is 0 Å². The molecule has 0 radical (unpaired) electrons. The average molecular weight is 383 g/mol. The minimum absolute atomic E-state index is 0.364. The van der Waals surface area contributed by atoms with Crippen molar-refractivity contribution in [1.29, 1.82) is 0 Å². The molecule has 26 heavy (non-hydrogen) atoms. The quantitative estimate of drug-likeness (QED) is 0.215. The first-order valence-corrected chi connectivity index (χ1v) is 8.62. The van der Waals surface area contributed by atoms with Gasteiger partial charge in [0, 0.05) is 26.2 Å². The van der Waals surface area contributed by atoms with Gasteiger partial charge < -0.3 is 9.47 Å². The molecule has 0 aliphatic heterocycles. The van der Waals surface area contributed by atoms with E-state index in [1.807, 2.05) is 24.3 Å². The number of hydrogen-bond acceptors (Lipinski definition) is 3. The van der Waals surface area contributed by atoms with Crippen LogP contribution >= 0.6 is 23.2 Å². The lowest BCUT2D eigenvalue weighted by molar-refractivity contribution is 0.153. The summed E-state index contributed by atoms with van der Waals surface area (Å²) in [6.45, 7) is 0.